The predicted octanol–water partition coefficient (Wildman–Crippen LogP) is 10.2. The average molecular weight is 595 g/mol. The summed E-state index contributed by atoms with van der Waals surface area (Å²) in [4.78, 5) is 0. The van der Waals surface area contributed by atoms with Gasteiger partial charge >= 0.3 is 0 Å². The van der Waals surface area contributed by atoms with Crippen LogP contribution in [0.4, 0.5) is 0 Å². The Labute approximate surface area is 268 Å². The number of aromatic nitrogens is 2. The Bertz CT molecular complexity index is 2230. The van der Waals surface area contributed by atoms with Crippen molar-refractivity contribution >= 4 is 0 Å². The normalized spacial score (nSPS) is 14.8. The van der Waals surface area contributed by atoms with E-state index >= 15 is 0 Å². The van der Waals surface area contributed by atoms with Crippen molar-refractivity contribution in [3.8, 4) is 45.5 Å². The second kappa shape index (κ2) is 9.88. The van der Waals surface area contributed by atoms with Crippen LogP contribution in [0.3, 0.4) is 0 Å². The summed E-state index contributed by atoms with van der Waals surface area (Å²) in [6, 6.07) is 51.1. The molecule has 4 nitrogen and oxygen atoms in total. The average Bonchev–Trinajstić information content (AvgIpc) is 3.61. The number of rotatable bonds is 3. The van der Waals surface area contributed by atoms with Crippen LogP contribution in [0.1, 0.15) is 47.2 Å². The highest BCUT2D eigenvalue weighted by atomic mass is 16.5. The van der Waals surface area contributed by atoms with E-state index < -0.39 is 5.41 Å². The molecule has 0 saturated carbocycles. The molecular weight excluding hydrogens is 564 g/mol. The third-order valence-electron chi connectivity index (χ3n) is 9.80. The van der Waals surface area contributed by atoms with E-state index in [-0.39, 0.29) is 5.41 Å². The van der Waals surface area contributed by atoms with Gasteiger partial charge in [-0.3, -0.25) is 0 Å². The van der Waals surface area contributed by atoms with Gasteiger partial charge in [0, 0.05) is 33.2 Å². The maximum absolute atomic E-state index is 6.93. The second-order valence-corrected chi connectivity index (χ2v) is 12.6. The Morgan fingerprint density at radius 2 is 0.978 bits per heavy atom. The van der Waals surface area contributed by atoms with E-state index in [0.717, 1.165) is 44.9 Å². The van der Waals surface area contributed by atoms with Crippen LogP contribution in [-0.2, 0) is 10.8 Å². The topological polar surface area (TPSA) is 48.2 Å². The van der Waals surface area contributed by atoms with Crippen LogP contribution in [0.15, 0.2) is 150 Å². The number of nitrogens with zero attached hydrogens (tertiary/aromatic N) is 2. The zero-order valence-corrected chi connectivity index (χ0v) is 25.6. The van der Waals surface area contributed by atoms with E-state index in [1.54, 1.807) is 0 Å². The van der Waals surface area contributed by atoms with Gasteiger partial charge in [-0.05, 0) is 58.1 Å². The minimum absolute atomic E-state index is 0.166. The first kappa shape index (κ1) is 26.6. The van der Waals surface area contributed by atoms with Crippen molar-refractivity contribution in [2.75, 3.05) is 0 Å². The van der Waals surface area contributed by atoms with E-state index in [1.165, 1.54) is 22.3 Å². The summed E-state index contributed by atoms with van der Waals surface area (Å²) in [6.07, 6.45) is 0. The second-order valence-electron chi connectivity index (χ2n) is 12.6. The SMILES string of the molecule is CC1(C)c2ccccc2C2(c3ccccc3Oc3c(-c4cccc(-c5nnc(-c6ccccc6)o5)c4)cccc32)c2ccccc21. The van der Waals surface area contributed by atoms with Gasteiger partial charge in [-0.25, -0.2) is 0 Å². The summed E-state index contributed by atoms with van der Waals surface area (Å²) in [5.41, 5.74) is 10.6. The monoisotopic (exact) mass is 594 g/mol. The largest absolute Gasteiger partial charge is 0.456 e. The molecule has 0 atom stereocenters. The lowest BCUT2D eigenvalue weighted by Gasteiger charge is -2.50. The van der Waals surface area contributed by atoms with Gasteiger partial charge in [0.1, 0.15) is 11.5 Å². The predicted molar refractivity (Wildman–Crippen MR) is 181 cm³/mol. The molecule has 2 aliphatic rings. The molecule has 6 aromatic carbocycles. The standard InChI is InChI=1S/C42H30N2O2/c1-41(2)31-19-6-8-21-33(31)42(34-22-9-7-20-32(34)41)35-23-10-11-25-37(35)45-38-30(18-13-24-36(38)42)28-16-12-17-29(26-28)40-44-43-39(46-40)27-14-4-3-5-15-27/h3-26H,1-2H3. The molecule has 0 saturated heterocycles. The molecule has 9 rings (SSSR count). The van der Waals surface area contributed by atoms with Crippen molar-refractivity contribution in [1.82, 2.24) is 10.2 Å². The maximum Gasteiger partial charge on any atom is 0.248 e. The number of para-hydroxylation sites is 2. The molecule has 0 N–H and O–H groups in total. The Morgan fingerprint density at radius 3 is 1.70 bits per heavy atom. The molecule has 1 aliphatic heterocycles. The Morgan fingerprint density at radius 1 is 0.457 bits per heavy atom. The third kappa shape index (κ3) is 3.67. The fraction of sp³-hybridized carbons (Fsp3) is 0.0952. The van der Waals surface area contributed by atoms with Crippen LogP contribution in [0.2, 0.25) is 0 Å². The smallest absolute Gasteiger partial charge is 0.248 e. The van der Waals surface area contributed by atoms with E-state index in [1.807, 2.05) is 42.5 Å². The zero-order chi connectivity index (χ0) is 30.9. The fourth-order valence-corrected chi connectivity index (χ4v) is 7.73. The van der Waals surface area contributed by atoms with Crippen LogP contribution < -0.4 is 4.74 Å². The number of fused-ring (bicyclic) bond motifs is 8. The van der Waals surface area contributed by atoms with Gasteiger partial charge in [-0.1, -0.05) is 129 Å². The first-order valence-corrected chi connectivity index (χ1v) is 15.7. The number of benzene rings is 6. The lowest BCUT2D eigenvalue weighted by atomic mass is 9.53. The molecule has 0 amide bonds. The number of hydrogen-bond donors (Lipinski definition) is 0. The van der Waals surface area contributed by atoms with Gasteiger partial charge < -0.3 is 9.15 Å². The Kier molecular flexibility index (Phi) is 5.72. The third-order valence-corrected chi connectivity index (χ3v) is 9.80. The van der Waals surface area contributed by atoms with Crippen molar-refractivity contribution in [2.45, 2.75) is 24.7 Å². The minimum Gasteiger partial charge on any atom is -0.456 e. The van der Waals surface area contributed by atoms with E-state index in [0.29, 0.717) is 11.8 Å². The van der Waals surface area contributed by atoms with Crippen molar-refractivity contribution in [3.05, 3.63) is 179 Å². The Hall–Kier alpha value is -5.74. The molecule has 0 unspecified atom stereocenters. The molecule has 0 bridgehead atoms. The maximum atomic E-state index is 6.93. The molecule has 46 heavy (non-hydrogen) atoms. The van der Waals surface area contributed by atoms with E-state index in [9.17, 15) is 0 Å². The molecule has 1 aromatic heterocycles. The molecule has 0 fully saturated rings. The van der Waals surface area contributed by atoms with Crippen molar-refractivity contribution in [1.29, 1.82) is 0 Å². The summed E-state index contributed by atoms with van der Waals surface area (Å²) < 4.78 is 13.1. The van der Waals surface area contributed by atoms with Crippen molar-refractivity contribution < 1.29 is 9.15 Å². The van der Waals surface area contributed by atoms with E-state index in [2.05, 4.69) is 127 Å². The summed E-state index contributed by atoms with van der Waals surface area (Å²) in [5, 5.41) is 8.73. The van der Waals surface area contributed by atoms with Crippen LogP contribution >= 0.6 is 0 Å². The minimum atomic E-state index is -0.558. The van der Waals surface area contributed by atoms with Crippen LogP contribution in [0, 0.1) is 0 Å². The molecule has 220 valence electrons. The molecule has 7 aromatic rings. The van der Waals surface area contributed by atoms with Gasteiger partial charge in [-0.2, -0.15) is 0 Å². The zero-order valence-electron chi connectivity index (χ0n) is 25.6. The molecule has 4 heteroatoms. The quantitative estimate of drug-likeness (QED) is 0.204. The highest BCUT2D eigenvalue weighted by Gasteiger charge is 2.53. The highest BCUT2D eigenvalue weighted by Crippen LogP contribution is 2.62. The first-order chi connectivity index (χ1) is 22.6. The van der Waals surface area contributed by atoms with Crippen molar-refractivity contribution in [3.63, 3.8) is 0 Å². The number of hydrogen-bond acceptors (Lipinski definition) is 4. The van der Waals surface area contributed by atoms with Gasteiger partial charge in [0.05, 0.1) is 5.41 Å². The summed E-state index contributed by atoms with van der Waals surface area (Å²) >= 11 is 0. The van der Waals surface area contributed by atoms with Gasteiger partial charge in [0.2, 0.25) is 11.8 Å². The van der Waals surface area contributed by atoms with Crippen LogP contribution in [0.5, 0.6) is 11.5 Å². The van der Waals surface area contributed by atoms with Crippen molar-refractivity contribution in [2.24, 2.45) is 0 Å². The summed E-state index contributed by atoms with van der Waals surface area (Å²) in [5.74, 6) is 2.70. The Balaban J connectivity index is 1.28. The van der Waals surface area contributed by atoms with E-state index in [4.69, 9.17) is 9.15 Å². The molecule has 1 spiro atoms. The lowest BCUT2D eigenvalue weighted by molar-refractivity contribution is 0.427. The molecule has 1 aliphatic carbocycles. The number of ether oxygens (including phenoxy) is 1. The van der Waals surface area contributed by atoms with Crippen LogP contribution in [-0.4, -0.2) is 10.2 Å². The molecule has 2 heterocycles. The fourth-order valence-electron chi connectivity index (χ4n) is 7.73. The highest BCUT2D eigenvalue weighted by molar-refractivity contribution is 5.83. The molecular formula is C42H30N2O2. The van der Waals surface area contributed by atoms with Crippen LogP contribution in [0.25, 0.3) is 34.0 Å². The summed E-state index contributed by atoms with van der Waals surface area (Å²) in [7, 11) is 0. The van der Waals surface area contributed by atoms with Gasteiger partial charge in [-0.15, -0.1) is 10.2 Å². The first-order valence-electron chi connectivity index (χ1n) is 15.7. The van der Waals surface area contributed by atoms with Gasteiger partial charge in [0.15, 0.2) is 0 Å². The summed E-state index contributed by atoms with van der Waals surface area (Å²) in [6.45, 7) is 4.68. The lowest BCUT2D eigenvalue weighted by Crippen LogP contribution is -2.43. The molecule has 0 radical (unpaired) electrons. The van der Waals surface area contributed by atoms with Gasteiger partial charge in [0.25, 0.3) is 0 Å².